The van der Waals surface area contributed by atoms with Gasteiger partial charge in [-0.25, -0.2) is 8.78 Å². The highest BCUT2D eigenvalue weighted by Crippen LogP contribution is 2.04. The standard InChI is InChI=1S/C9H6F2O2/c10-9(11)8(13)7(12)6-4-2-1-3-5-6/h1-5,9H. The molecular formula is C9H6F2O2. The summed E-state index contributed by atoms with van der Waals surface area (Å²) < 4.78 is 23.6. The fourth-order valence-electron chi connectivity index (χ4n) is 0.831. The van der Waals surface area contributed by atoms with Gasteiger partial charge in [0, 0.05) is 5.56 Å². The van der Waals surface area contributed by atoms with E-state index in [-0.39, 0.29) is 5.56 Å². The lowest BCUT2D eigenvalue weighted by Crippen LogP contribution is -2.21. The van der Waals surface area contributed by atoms with Crippen LogP contribution < -0.4 is 0 Å². The van der Waals surface area contributed by atoms with Crippen LogP contribution in [0.1, 0.15) is 10.4 Å². The average molecular weight is 184 g/mol. The average Bonchev–Trinajstić information content (AvgIpc) is 2.17. The van der Waals surface area contributed by atoms with E-state index in [1.54, 1.807) is 6.07 Å². The van der Waals surface area contributed by atoms with Crippen LogP contribution in [0.3, 0.4) is 0 Å². The summed E-state index contributed by atoms with van der Waals surface area (Å²) >= 11 is 0. The van der Waals surface area contributed by atoms with Crippen LogP contribution in [-0.4, -0.2) is 18.0 Å². The maximum absolute atomic E-state index is 11.8. The van der Waals surface area contributed by atoms with Crippen molar-refractivity contribution in [2.75, 3.05) is 0 Å². The van der Waals surface area contributed by atoms with Gasteiger partial charge in [0.05, 0.1) is 0 Å². The number of rotatable bonds is 3. The molecule has 0 N–H and O–H groups in total. The summed E-state index contributed by atoms with van der Waals surface area (Å²) in [6.45, 7) is 0. The first-order valence-corrected chi connectivity index (χ1v) is 3.54. The quantitative estimate of drug-likeness (QED) is 0.529. The predicted octanol–water partition coefficient (Wildman–Crippen LogP) is 1.70. The van der Waals surface area contributed by atoms with E-state index in [4.69, 9.17) is 0 Å². The normalized spacial score (nSPS) is 10.1. The minimum absolute atomic E-state index is 0.00667. The van der Waals surface area contributed by atoms with Gasteiger partial charge in [0.2, 0.25) is 5.78 Å². The predicted molar refractivity (Wildman–Crippen MR) is 41.8 cm³/mol. The van der Waals surface area contributed by atoms with Gasteiger partial charge in [-0.3, -0.25) is 9.59 Å². The van der Waals surface area contributed by atoms with Gasteiger partial charge in [0.15, 0.2) is 0 Å². The Bertz CT molecular complexity index is 320. The monoisotopic (exact) mass is 184 g/mol. The topological polar surface area (TPSA) is 34.1 Å². The van der Waals surface area contributed by atoms with Crippen molar-refractivity contribution in [1.82, 2.24) is 0 Å². The molecule has 0 atom stereocenters. The molecule has 0 amide bonds. The summed E-state index contributed by atoms with van der Waals surface area (Å²) in [7, 11) is 0. The van der Waals surface area contributed by atoms with Crippen molar-refractivity contribution >= 4 is 11.6 Å². The second-order valence-electron chi connectivity index (χ2n) is 2.36. The molecule has 0 unspecified atom stereocenters. The van der Waals surface area contributed by atoms with Crippen LogP contribution in [-0.2, 0) is 4.79 Å². The lowest BCUT2D eigenvalue weighted by molar-refractivity contribution is -0.124. The first-order chi connectivity index (χ1) is 6.13. The number of carbonyl (C=O) groups excluding carboxylic acids is 2. The van der Waals surface area contributed by atoms with E-state index < -0.39 is 18.0 Å². The lowest BCUT2D eigenvalue weighted by Gasteiger charge is -1.97. The molecule has 0 saturated heterocycles. The van der Waals surface area contributed by atoms with Crippen LogP contribution in [0.15, 0.2) is 30.3 Å². The SMILES string of the molecule is O=C(C(=O)C(F)F)c1ccccc1. The number of hydrogen-bond acceptors (Lipinski definition) is 2. The zero-order valence-corrected chi connectivity index (χ0v) is 6.54. The van der Waals surface area contributed by atoms with Crippen molar-refractivity contribution in [3.63, 3.8) is 0 Å². The Morgan fingerprint density at radius 2 is 1.62 bits per heavy atom. The van der Waals surface area contributed by atoms with Crippen LogP contribution >= 0.6 is 0 Å². The zero-order chi connectivity index (χ0) is 9.84. The third-order valence-corrected chi connectivity index (χ3v) is 1.46. The molecule has 2 nitrogen and oxygen atoms in total. The van der Waals surface area contributed by atoms with Crippen LogP contribution in [0.25, 0.3) is 0 Å². The minimum atomic E-state index is -3.23. The zero-order valence-electron chi connectivity index (χ0n) is 6.54. The van der Waals surface area contributed by atoms with Gasteiger partial charge in [0.25, 0.3) is 5.78 Å². The summed E-state index contributed by atoms with van der Waals surface area (Å²) in [6, 6.07) is 7.28. The number of ketones is 2. The van der Waals surface area contributed by atoms with E-state index >= 15 is 0 Å². The van der Waals surface area contributed by atoms with Crippen molar-refractivity contribution in [1.29, 1.82) is 0 Å². The van der Waals surface area contributed by atoms with Crippen LogP contribution in [0.5, 0.6) is 0 Å². The van der Waals surface area contributed by atoms with E-state index in [9.17, 15) is 18.4 Å². The number of alkyl halides is 2. The Balaban J connectivity index is 2.87. The molecule has 0 aliphatic heterocycles. The maximum atomic E-state index is 11.8. The summed E-state index contributed by atoms with van der Waals surface area (Å²) in [5, 5.41) is 0. The van der Waals surface area contributed by atoms with Crippen molar-refractivity contribution in [2.24, 2.45) is 0 Å². The highest BCUT2D eigenvalue weighted by molar-refractivity contribution is 6.44. The van der Waals surface area contributed by atoms with Gasteiger partial charge in [-0.15, -0.1) is 0 Å². The highest BCUT2D eigenvalue weighted by atomic mass is 19.3. The van der Waals surface area contributed by atoms with Gasteiger partial charge >= 0.3 is 6.43 Å². The summed E-state index contributed by atoms with van der Waals surface area (Å²) in [5.74, 6) is -2.80. The number of carbonyl (C=O) groups is 2. The molecule has 0 saturated carbocycles. The molecule has 0 fully saturated rings. The van der Waals surface area contributed by atoms with Gasteiger partial charge in [-0.2, -0.15) is 0 Å². The van der Waals surface area contributed by atoms with Crippen LogP contribution in [0.2, 0.25) is 0 Å². The third-order valence-electron chi connectivity index (χ3n) is 1.46. The number of hydrogen-bond donors (Lipinski definition) is 0. The maximum Gasteiger partial charge on any atom is 0.303 e. The van der Waals surface area contributed by atoms with Crippen molar-refractivity contribution in [2.45, 2.75) is 6.43 Å². The van der Waals surface area contributed by atoms with E-state index in [0.29, 0.717) is 0 Å². The Morgan fingerprint density at radius 1 is 1.08 bits per heavy atom. The van der Waals surface area contributed by atoms with Gasteiger partial charge in [-0.05, 0) is 0 Å². The van der Waals surface area contributed by atoms with Gasteiger partial charge < -0.3 is 0 Å². The van der Waals surface area contributed by atoms with E-state index in [1.165, 1.54) is 24.3 Å². The molecule has 0 aliphatic rings. The first-order valence-electron chi connectivity index (χ1n) is 3.54. The molecule has 1 rings (SSSR count). The van der Waals surface area contributed by atoms with Crippen LogP contribution in [0, 0.1) is 0 Å². The molecule has 0 heterocycles. The second-order valence-corrected chi connectivity index (χ2v) is 2.36. The number of benzene rings is 1. The second kappa shape index (κ2) is 3.89. The molecule has 0 radical (unpaired) electrons. The highest BCUT2D eigenvalue weighted by Gasteiger charge is 2.24. The van der Waals surface area contributed by atoms with E-state index in [1.807, 2.05) is 0 Å². The summed E-state index contributed by atoms with van der Waals surface area (Å²) in [6.07, 6.45) is -3.23. The molecule has 1 aromatic rings. The third kappa shape index (κ3) is 2.18. The van der Waals surface area contributed by atoms with Gasteiger partial charge in [0.1, 0.15) is 0 Å². The summed E-state index contributed by atoms with van der Waals surface area (Å²) in [4.78, 5) is 21.5. The molecule has 1 aromatic carbocycles. The molecule has 13 heavy (non-hydrogen) atoms. The van der Waals surface area contributed by atoms with Crippen molar-refractivity contribution < 1.29 is 18.4 Å². The number of halogens is 2. The fraction of sp³-hybridized carbons (Fsp3) is 0.111. The molecule has 0 bridgehead atoms. The smallest absolute Gasteiger partial charge is 0.285 e. The minimum Gasteiger partial charge on any atom is -0.285 e. The lowest BCUT2D eigenvalue weighted by atomic mass is 10.1. The molecular weight excluding hydrogens is 178 g/mol. The Labute approximate surface area is 73.2 Å². The van der Waals surface area contributed by atoms with Crippen molar-refractivity contribution in [3.05, 3.63) is 35.9 Å². The molecule has 0 aromatic heterocycles. The molecule has 4 heteroatoms. The fourth-order valence-corrected chi connectivity index (χ4v) is 0.831. The Kier molecular flexibility index (Phi) is 2.84. The van der Waals surface area contributed by atoms with E-state index in [2.05, 4.69) is 0 Å². The number of Topliss-reactive ketones (excluding diaryl/α,β-unsaturated/α-hetero) is 2. The summed E-state index contributed by atoms with van der Waals surface area (Å²) in [5.41, 5.74) is -0.00667. The molecule has 0 spiro atoms. The van der Waals surface area contributed by atoms with Crippen molar-refractivity contribution in [3.8, 4) is 0 Å². The van der Waals surface area contributed by atoms with Gasteiger partial charge in [-0.1, -0.05) is 30.3 Å². The largest absolute Gasteiger partial charge is 0.303 e. The first kappa shape index (κ1) is 9.51. The van der Waals surface area contributed by atoms with E-state index in [0.717, 1.165) is 0 Å². The molecule has 68 valence electrons. The van der Waals surface area contributed by atoms with Crippen LogP contribution in [0.4, 0.5) is 8.78 Å². The Morgan fingerprint density at radius 3 is 2.08 bits per heavy atom. The molecule has 0 aliphatic carbocycles. The Hall–Kier alpha value is -1.58.